The van der Waals surface area contributed by atoms with Crippen LogP contribution in [-0.2, 0) is 0 Å². The summed E-state index contributed by atoms with van der Waals surface area (Å²) in [6, 6.07) is 11.3. The van der Waals surface area contributed by atoms with E-state index in [1.807, 2.05) is 37.3 Å². The quantitative estimate of drug-likeness (QED) is 0.895. The van der Waals surface area contributed by atoms with E-state index in [0.717, 1.165) is 16.9 Å². The van der Waals surface area contributed by atoms with E-state index in [4.69, 9.17) is 16.2 Å². The first-order chi connectivity index (χ1) is 8.22. The first kappa shape index (κ1) is 14.1. The molecule has 0 radical (unpaired) electrons. The van der Waals surface area contributed by atoms with Crippen molar-refractivity contribution in [2.24, 2.45) is 0 Å². The number of rotatable bonds is 3. The maximum Gasteiger partial charge on any atom is 0.133 e. The lowest BCUT2D eigenvalue weighted by Gasteiger charge is -2.11. The van der Waals surface area contributed by atoms with E-state index in [2.05, 4.69) is 4.98 Å². The van der Waals surface area contributed by atoms with Gasteiger partial charge in [0.25, 0.3) is 0 Å². The number of ether oxygens (including phenoxy) is 1. The summed E-state index contributed by atoms with van der Waals surface area (Å²) < 4.78 is 5.56. The third-order valence-electron chi connectivity index (χ3n) is 2.42. The van der Waals surface area contributed by atoms with Crippen LogP contribution >= 0.6 is 12.4 Å². The summed E-state index contributed by atoms with van der Waals surface area (Å²) in [7, 11) is 0. The van der Waals surface area contributed by atoms with Crippen LogP contribution in [0.2, 0.25) is 0 Å². The fourth-order valence-electron chi connectivity index (χ4n) is 1.69. The topological polar surface area (TPSA) is 74.2 Å². The lowest BCUT2D eigenvalue weighted by atomic mass is 10.1. The van der Waals surface area contributed by atoms with Gasteiger partial charge < -0.3 is 16.2 Å². The van der Waals surface area contributed by atoms with Crippen molar-refractivity contribution in [1.29, 1.82) is 0 Å². The Morgan fingerprint density at radius 2 is 1.78 bits per heavy atom. The molecule has 0 atom stereocenters. The number of nitrogens with zero attached hydrogens (tertiary/aromatic N) is 1. The summed E-state index contributed by atoms with van der Waals surface area (Å²) in [5.74, 6) is 1.63. The van der Waals surface area contributed by atoms with Gasteiger partial charge in [0.2, 0.25) is 0 Å². The van der Waals surface area contributed by atoms with Gasteiger partial charge in [-0.3, -0.25) is 0 Å². The minimum Gasteiger partial charge on any atom is -0.493 e. The van der Waals surface area contributed by atoms with E-state index in [1.54, 1.807) is 6.07 Å². The number of nitrogen functional groups attached to an aromatic ring is 2. The molecule has 0 amide bonds. The van der Waals surface area contributed by atoms with Gasteiger partial charge in [-0.2, -0.15) is 0 Å². The van der Waals surface area contributed by atoms with Crippen LogP contribution in [0.4, 0.5) is 11.6 Å². The highest BCUT2D eigenvalue weighted by molar-refractivity contribution is 5.85. The standard InChI is InChI=1S/C13H15N3O.ClH/c1-2-17-11-6-4-3-5-9(11)10-7-8-12(14)16-13(10)15;/h3-8H,2H2,1H3,(H4,14,15,16);1H. The molecular formula is C13H16ClN3O. The van der Waals surface area contributed by atoms with Crippen molar-refractivity contribution in [2.75, 3.05) is 18.1 Å². The Morgan fingerprint density at radius 3 is 2.44 bits per heavy atom. The molecule has 4 N–H and O–H groups in total. The van der Waals surface area contributed by atoms with Gasteiger partial charge in [-0.25, -0.2) is 4.98 Å². The average Bonchev–Trinajstić information content (AvgIpc) is 2.31. The molecule has 1 heterocycles. The number of hydrogen-bond donors (Lipinski definition) is 2. The van der Waals surface area contributed by atoms with Crippen molar-refractivity contribution < 1.29 is 4.74 Å². The summed E-state index contributed by atoms with van der Waals surface area (Å²) in [5.41, 5.74) is 13.2. The third-order valence-corrected chi connectivity index (χ3v) is 2.42. The van der Waals surface area contributed by atoms with Gasteiger partial charge >= 0.3 is 0 Å². The first-order valence-corrected chi connectivity index (χ1v) is 5.46. The Balaban J connectivity index is 0.00000162. The molecule has 18 heavy (non-hydrogen) atoms. The van der Waals surface area contributed by atoms with Crippen LogP contribution < -0.4 is 16.2 Å². The second kappa shape index (κ2) is 6.12. The van der Waals surface area contributed by atoms with E-state index in [0.29, 0.717) is 18.2 Å². The minimum atomic E-state index is 0. The molecule has 0 aliphatic rings. The number of hydrogen-bond acceptors (Lipinski definition) is 4. The summed E-state index contributed by atoms with van der Waals surface area (Å²) in [4.78, 5) is 4.05. The van der Waals surface area contributed by atoms with Gasteiger partial charge in [0.05, 0.1) is 6.61 Å². The second-order valence-electron chi connectivity index (χ2n) is 3.60. The minimum absolute atomic E-state index is 0. The third kappa shape index (κ3) is 2.84. The monoisotopic (exact) mass is 265 g/mol. The fraction of sp³-hybridized carbons (Fsp3) is 0.154. The Bertz CT molecular complexity index is 531. The van der Waals surface area contributed by atoms with Gasteiger partial charge in [-0.05, 0) is 25.1 Å². The highest BCUT2D eigenvalue weighted by Crippen LogP contribution is 2.33. The molecule has 5 heteroatoms. The fourth-order valence-corrected chi connectivity index (χ4v) is 1.69. The van der Waals surface area contributed by atoms with Crippen molar-refractivity contribution in [3.05, 3.63) is 36.4 Å². The molecule has 0 aliphatic heterocycles. The summed E-state index contributed by atoms with van der Waals surface area (Å²) >= 11 is 0. The molecule has 0 saturated heterocycles. The maximum absolute atomic E-state index is 5.87. The van der Waals surface area contributed by atoms with Crippen LogP contribution in [0.3, 0.4) is 0 Å². The zero-order valence-corrected chi connectivity index (χ0v) is 10.9. The summed E-state index contributed by atoms with van der Waals surface area (Å²) in [5, 5.41) is 0. The highest BCUT2D eigenvalue weighted by atomic mass is 35.5. The van der Waals surface area contributed by atoms with E-state index < -0.39 is 0 Å². The Kier molecular flexibility index (Phi) is 4.80. The van der Waals surface area contributed by atoms with Crippen LogP contribution in [0.15, 0.2) is 36.4 Å². The van der Waals surface area contributed by atoms with E-state index in [9.17, 15) is 0 Å². The predicted molar refractivity (Wildman–Crippen MR) is 76.9 cm³/mol. The SMILES string of the molecule is CCOc1ccccc1-c1ccc(N)nc1N.Cl. The number of para-hydroxylation sites is 1. The average molecular weight is 266 g/mol. The van der Waals surface area contributed by atoms with Gasteiger partial charge in [0.15, 0.2) is 0 Å². The Hall–Kier alpha value is -1.94. The maximum atomic E-state index is 5.87. The molecular weight excluding hydrogens is 250 g/mol. The van der Waals surface area contributed by atoms with Crippen LogP contribution in [0, 0.1) is 0 Å². The lowest BCUT2D eigenvalue weighted by molar-refractivity contribution is 0.341. The number of pyridine rings is 1. The zero-order valence-electron chi connectivity index (χ0n) is 10.1. The van der Waals surface area contributed by atoms with Crippen molar-refractivity contribution in [2.45, 2.75) is 6.92 Å². The Labute approximate surface area is 112 Å². The largest absolute Gasteiger partial charge is 0.493 e. The molecule has 1 aromatic heterocycles. The van der Waals surface area contributed by atoms with Crippen LogP contribution in [0.5, 0.6) is 5.75 Å². The number of benzene rings is 1. The molecule has 1 aromatic carbocycles. The van der Waals surface area contributed by atoms with Crippen LogP contribution in [0.1, 0.15) is 6.92 Å². The van der Waals surface area contributed by atoms with E-state index >= 15 is 0 Å². The molecule has 96 valence electrons. The Morgan fingerprint density at radius 1 is 1.06 bits per heavy atom. The highest BCUT2D eigenvalue weighted by Gasteiger charge is 2.09. The second-order valence-corrected chi connectivity index (χ2v) is 3.60. The normalized spacial score (nSPS) is 9.61. The van der Waals surface area contributed by atoms with E-state index in [1.165, 1.54) is 0 Å². The number of nitrogens with two attached hydrogens (primary N) is 2. The summed E-state index contributed by atoms with van der Waals surface area (Å²) in [6.07, 6.45) is 0. The number of anilines is 2. The molecule has 4 nitrogen and oxygen atoms in total. The zero-order chi connectivity index (χ0) is 12.3. The smallest absolute Gasteiger partial charge is 0.133 e. The molecule has 0 bridgehead atoms. The van der Waals surface area contributed by atoms with Gasteiger partial charge in [-0.1, -0.05) is 18.2 Å². The molecule has 0 spiro atoms. The molecule has 0 aliphatic carbocycles. The molecule has 2 rings (SSSR count). The van der Waals surface area contributed by atoms with Gasteiger partial charge in [-0.15, -0.1) is 12.4 Å². The van der Waals surface area contributed by atoms with Gasteiger partial charge in [0, 0.05) is 11.1 Å². The van der Waals surface area contributed by atoms with Crippen molar-refractivity contribution >= 4 is 24.0 Å². The molecule has 0 unspecified atom stereocenters. The van der Waals surface area contributed by atoms with Crippen molar-refractivity contribution in [1.82, 2.24) is 4.98 Å². The summed E-state index contributed by atoms with van der Waals surface area (Å²) in [6.45, 7) is 2.56. The first-order valence-electron chi connectivity index (χ1n) is 5.46. The number of aromatic nitrogens is 1. The van der Waals surface area contributed by atoms with Gasteiger partial charge in [0.1, 0.15) is 17.4 Å². The predicted octanol–water partition coefficient (Wildman–Crippen LogP) is 2.73. The lowest BCUT2D eigenvalue weighted by Crippen LogP contribution is -2.00. The molecule has 0 saturated carbocycles. The molecule has 0 fully saturated rings. The van der Waals surface area contributed by atoms with Crippen LogP contribution in [-0.4, -0.2) is 11.6 Å². The molecule has 2 aromatic rings. The van der Waals surface area contributed by atoms with Crippen molar-refractivity contribution in [3.63, 3.8) is 0 Å². The van der Waals surface area contributed by atoms with Crippen LogP contribution in [0.25, 0.3) is 11.1 Å². The van der Waals surface area contributed by atoms with E-state index in [-0.39, 0.29) is 12.4 Å². The number of halogens is 1. The van der Waals surface area contributed by atoms with Crippen molar-refractivity contribution in [3.8, 4) is 16.9 Å².